The molecule has 0 aliphatic rings. The summed E-state index contributed by atoms with van der Waals surface area (Å²) in [5.74, 6) is 0. The van der Waals surface area contributed by atoms with Crippen molar-refractivity contribution in [3.8, 4) is 0 Å². The zero-order chi connectivity index (χ0) is 19.8. The van der Waals surface area contributed by atoms with Crippen LogP contribution in [0, 0.1) is 13.8 Å². The minimum atomic E-state index is 0. The molecular formula is C26H32Cl2HfSi. The van der Waals surface area contributed by atoms with Crippen molar-refractivity contribution >= 4 is 31.1 Å². The number of hydrogen-bond acceptors (Lipinski definition) is 0. The van der Waals surface area contributed by atoms with Crippen molar-refractivity contribution in [2.75, 3.05) is 0 Å². The molecule has 0 unspecified atom stereocenters. The van der Waals surface area contributed by atoms with Gasteiger partial charge >= 0.3 is 25.8 Å². The van der Waals surface area contributed by atoms with E-state index in [1.54, 1.807) is 0 Å². The average molecular weight is 622 g/mol. The van der Waals surface area contributed by atoms with Crippen LogP contribution in [0.5, 0.6) is 0 Å². The second-order valence-corrected chi connectivity index (χ2v) is 8.11. The monoisotopic (exact) mass is 622 g/mol. The first-order valence-electron chi connectivity index (χ1n) is 9.92. The summed E-state index contributed by atoms with van der Waals surface area (Å²) in [6, 6.07) is 22.1. The molecular weight excluding hydrogens is 590 g/mol. The molecule has 0 nitrogen and oxygen atoms in total. The van der Waals surface area contributed by atoms with Crippen LogP contribution in [-0.4, -0.2) is 9.52 Å². The van der Waals surface area contributed by atoms with Crippen LogP contribution >= 0.6 is 0 Å². The Balaban J connectivity index is 0. The Morgan fingerprint density at radius 1 is 0.700 bits per heavy atom. The van der Waals surface area contributed by atoms with Crippen LogP contribution in [0.25, 0.3) is 21.5 Å². The molecule has 2 radical (unpaired) electrons. The van der Waals surface area contributed by atoms with Crippen LogP contribution in [0.2, 0.25) is 13.1 Å². The summed E-state index contributed by atoms with van der Waals surface area (Å²) >= 11 is 0. The molecule has 30 heavy (non-hydrogen) atoms. The Morgan fingerprint density at radius 2 is 1.03 bits per heavy atom. The number of aryl methyl sites for hydroxylation is 4. The van der Waals surface area contributed by atoms with Crippen LogP contribution in [0.3, 0.4) is 0 Å². The molecule has 0 aromatic heterocycles. The van der Waals surface area contributed by atoms with Crippen LogP contribution in [-0.2, 0) is 38.7 Å². The third-order valence-electron chi connectivity index (χ3n) is 4.73. The minimum Gasteiger partial charge on any atom is -1.00 e. The number of fused-ring (bicyclic) bond motifs is 2. The van der Waals surface area contributed by atoms with E-state index < -0.39 is 0 Å². The normalized spacial score (nSPS) is 9.27. The van der Waals surface area contributed by atoms with Gasteiger partial charge in [-0.05, 0) is 12.8 Å². The number of hydrogen-bond donors (Lipinski definition) is 0. The Morgan fingerprint density at radius 3 is 1.33 bits per heavy atom. The first kappa shape index (κ1) is 31.5. The predicted molar refractivity (Wildman–Crippen MR) is 125 cm³/mol. The molecule has 0 N–H and O–H groups in total. The fourth-order valence-corrected chi connectivity index (χ4v) is 3.52. The molecule has 0 amide bonds. The number of rotatable bonds is 2. The Bertz CT molecular complexity index is 905. The van der Waals surface area contributed by atoms with Gasteiger partial charge in [0, 0.05) is 9.52 Å². The molecule has 4 aromatic carbocycles. The van der Waals surface area contributed by atoms with E-state index in [0.717, 1.165) is 22.4 Å². The van der Waals surface area contributed by atoms with Gasteiger partial charge in [-0.2, -0.15) is 12.1 Å². The van der Waals surface area contributed by atoms with Gasteiger partial charge in [0.2, 0.25) is 0 Å². The molecule has 4 aromatic rings. The molecule has 0 aliphatic heterocycles. The van der Waals surface area contributed by atoms with E-state index in [1.807, 2.05) is 0 Å². The van der Waals surface area contributed by atoms with Gasteiger partial charge < -0.3 is 24.8 Å². The second kappa shape index (κ2) is 16.0. The molecule has 0 saturated heterocycles. The van der Waals surface area contributed by atoms with E-state index >= 15 is 0 Å². The van der Waals surface area contributed by atoms with E-state index in [0.29, 0.717) is 0 Å². The Hall–Kier alpha value is -0.673. The summed E-state index contributed by atoms with van der Waals surface area (Å²) in [6.07, 6.45) is 2.25. The third kappa shape index (κ3) is 8.46. The molecule has 0 spiro atoms. The summed E-state index contributed by atoms with van der Waals surface area (Å²) in [6.45, 7) is 13.0. The Labute approximate surface area is 217 Å². The van der Waals surface area contributed by atoms with Crippen LogP contribution in [0.1, 0.15) is 36.1 Å². The molecule has 0 heterocycles. The standard InChI is InChI=1S/2C12H13.C2H6Si.2ClH.Hf/c2*1-3-10-5-4-6-11-7-9(2)8-12(10)11;1-3-2;;;/h2*4-8H,3H2,1-2H3;1-2H3;2*1H;/q2*-1;;;;+4/p-2. The van der Waals surface area contributed by atoms with E-state index in [2.05, 4.69) is 101 Å². The van der Waals surface area contributed by atoms with Crippen LogP contribution in [0.15, 0.2) is 60.7 Å². The van der Waals surface area contributed by atoms with Crippen molar-refractivity contribution in [2.24, 2.45) is 0 Å². The molecule has 0 saturated carbocycles. The summed E-state index contributed by atoms with van der Waals surface area (Å²) in [7, 11) is 1.08. The topological polar surface area (TPSA) is 0 Å². The smallest absolute Gasteiger partial charge is 1.00 e. The average Bonchev–Trinajstić information content (AvgIpc) is 3.22. The van der Waals surface area contributed by atoms with Gasteiger partial charge in [-0.15, -0.1) is 69.1 Å². The maximum atomic E-state index is 2.27. The van der Waals surface area contributed by atoms with Crippen molar-refractivity contribution in [1.82, 2.24) is 0 Å². The number of halogens is 2. The molecule has 4 rings (SSSR count). The van der Waals surface area contributed by atoms with Gasteiger partial charge in [-0.25, -0.2) is 0 Å². The van der Waals surface area contributed by atoms with Crippen LogP contribution < -0.4 is 24.8 Å². The quantitative estimate of drug-likeness (QED) is 0.236. The number of benzene rings is 2. The Kier molecular flexibility index (Phi) is 16.8. The van der Waals surface area contributed by atoms with Gasteiger partial charge in [-0.1, -0.05) is 64.0 Å². The van der Waals surface area contributed by atoms with Crippen molar-refractivity contribution < 1.29 is 50.7 Å². The van der Waals surface area contributed by atoms with E-state index in [4.69, 9.17) is 0 Å². The van der Waals surface area contributed by atoms with Gasteiger partial charge in [0.05, 0.1) is 0 Å². The zero-order valence-electron chi connectivity index (χ0n) is 18.9. The van der Waals surface area contributed by atoms with Gasteiger partial charge in [0.15, 0.2) is 0 Å². The molecule has 158 valence electrons. The predicted octanol–water partition coefficient (Wildman–Crippen LogP) is 1.65. The summed E-state index contributed by atoms with van der Waals surface area (Å²) in [5.41, 5.74) is 5.65. The SMILES string of the molecule is CCc1cccc2[cH-]c(C)cc12.CCc1cccc2[cH-]c(C)cc12.C[Si]C.[Cl-].[Cl-].[Hf+4]. The fraction of sp³-hybridized carbons (Fsp3) is 0.308. The zero-order valence-corrected chi connectivity index (χ0v) is 25.0. The van der Waals surface area contributed by atoms with Gasteiger partial charge in [0.25, 0.3) is 0 Å². The third-order valence-corrected chi connectivity index (χ3v) is 4.73. The van der Waals surface area contributed by atoms with E-state index in [-0.39, 0.29) is 50.7 Å². The maximum absolute atomic E-state index is 2.27. The van der Waals surface area contributed by atoms with E-state index in [1.165, 1.54) is 43.8 Å². The molecule has 0 aliphatic carbocycles. The van der Waals surface area contributed by atoms with E-state index in [9.17, 15) is 0 Å². The summed E-state index contributed by atoms with van der Waals surface area (Å²) < 4.78 is 0. The summed E-state index contributed by atoms with van der Waals surface area (Å²) in [5, 5.41) is 5.62. The maximum Gasteiger partial charge on any atom is 4.00 e. The second-order valence-electron chi connectivity index (χ2n) is 7.11. The molecule has 0 atom stereocenters. The van der Waals surface area contributed by atoms with Crippen molar-refractivity contribution in [2.45, 2.75) is 53.6 Å². The fourth-order valence-electron chi connectivity index (χ4n) is 3.52. The van der Waals surface area contributed by atoms with Crippen molar-refractivity contribution in [3.63, 3.8) is 0 Å². The van der Waals surface area contributed by atoms with Crippen molar-refractivity contribution in [3.05, 3.63) is 82.9 Å². The van der Waals surface area contributed by atoms with Crippen LogP contribution in [0.4, 0.5) is 0 Å². The van der Waals surface area contributed by atoms with Crippen molar-refractivity contribution in [1.29, 1.82) is 0 Å². The first-order valence-corrected chi connectivity index (χ1v) is 11.9. The minimum absolute atomic E-state index is 0. The van der Waals surface area contributed by atoms with Gasteiger partial charge in [-0.3, -0.25) is 0 Å². The van der Waals surface area contributed by atoms with Gasteiger partial charge in [0.1, 0.15) is 0 Å². The molecule has 4 heteroatoms. The molecule has 0 fully saturated rings. The first-order chi connectivity index (χ1) is 13.0. The molecule has 0 bridgehead atoms. The largest absolute Gasteiger partial charge is 4.00 e. The summed E-state index contributed by atoms with van der Waals surface area (Å²) in [4.78, 5) is 0.